The summed E-state index contributed by atoms with van der Waals surface area (Å²) in [6, 6.07) is 15.1. The van der Waals surface area contributed by atoms with E-state index >= 15 is 0 Å². The first-order chi connectivity index (χ1) is 21.8. The van der Waals surface area contributed by atoms with Crippen LogP contribution in [0, 0.1) is 12.8 Å². The highest BCUT2D eigenvalue weighted by Crippen LogP contribution is 2.38. The lowest BCUT2D eigenvalue weighted by atomic mass is 10.0. The zero-order valence-corrected chi connectivity index (χ0v) is 28.2. The Balaban J connectivity index is 1.39. The van der Waals surface area contributed by atoms with Gasteiger partial charge in [0.05, 0.1) is 22.8 Å². The van der Waals surface area contributed by atoms with Gasteiger partial charge in [0, 0.05) is 36.9 Å². The van der Waals surface area contributed by atoms with E-state index in [9.17, 15) is 13.2 Å². The number of nitrogens with one attached hydrogen (secondary N) is 1. The van der Waals surface area contributed by atoms with Crippen molar-refractivity contribution >= 4 is 32.7 Å². The SMILES string of the molecule is Cc1ccc2c(CS(=O)(=O)CC(C)C)cccc2c1Oc1ncccc1-c1ccnc(N[C@H]2CCCN(C(=O)OC(C)(C)C)C2)n1. The van der Waals surface area contributed by atoms with Crippen molar-refractivity contribution in [1.29, 1.82) is 0 Å². The molecule has 5 rings (SSSR count). The second kappa shape index (κ2) is 13.6. The molecule has 1 fully saturated rings. The fourth-order valence-corrected chi connectivity index (χ4v) is 7.54. The molecule has 0 saturated carbocycles. The van der Waals surface area contributed by atoms with E-state index in [1.54, 1.807) is 23.4 Å². The topological polar surface area (TPSA) is 124 Å². The second-order valence-electron chi connectivity index (χ2n) is 13.3. The van der Waals surface area contributed by atoms with Crippen molar-refractivity contribution in [2.75, 3.05) is 24.2 Å². The van der Waals surface area contributed by atoms with Gasteiger partial charge >= 0.3 is 6.09 Å². The standard InChI is InChI=1S/C35H43N5O5S/c1-23(2)21-46(42,43)22-25-10-7-12-28-27(25)15-14-24(3)31(28)44-32-29(13-8-17-36-32)30-16-18-37-33(39-30)38-26-11-9-19-40(20-26)34(41)45-35(4,5)6/h7-8,10,12-18,23,26H,9,11,19-22H2,1-6H3,(H,37,38,39)/t26-/m0/s1. The van der Waals surface area contributed by atoms with Crippen LogP contribution in [0.3, 0.4) is 0 Å². The van der Waals surface area contributed by atoms with Gasteiger partial charge in [-0.3, -0.25) is 0 Å². The van der Waals surface area contributed by atoms with Crippen LogP contribution >= 0.6 is 0 Å². The Kier molecular flexibility index (Phi) is 9.81. The zero-order chi connectivity index (χ0) is 33.1. The van der Waals surface area contributed by atoms with Gasteiger partial charge in [-0.25, -0.2) is 28.2 Å². The second-order valence-corrected chi connectivity index (χ2v) is 15.4. The molecule has 0 spiro atoms. The van der Waals surface area contributed by atoms with E-state index in [4.69, 9.17) is 14.5 Å². The minimum Gasteiger partial charge on any atom is -0.444 e. The Bertz CT molecular complexity index is 1820. The van der Waals surface area contributed by atoms with Crippen LogP contribution < -0.4 is 10.1 Å². The number of sulfone groups is 1. The van der Waals surface area contributed by atoms with Gasteiger partial charge in [0.15, 0.2) is 9.84 Å². The Morgan fingerprint density at radius 3 is 2.61 bits per heavy atom. The number of aromatic nitrogens is 3. The summed E-state index contributed by atoms with van der Waals surface area (Å²) in [5.41, 5.74) is 2.38. The van der Waals surface area contributed by atoms with Gasteiger partial charge in [0.2, 0.25) is 11.8 Å². The van der Waals surface area contributed by atoms with Gasteiger partial charge < -0.3 is 19.7 Å². The molecule has 46 heavy (non-hydrogen) atoms. The molecule has 1 aliphatic heterocycles. The Morgan fingerprint density at radius 1 is 1.04 bits per heavy atom. The normalized spacial score (nSPS) is 15.6. The summed E-state index contributed by atoms with van der Waals surface area (Å²) in [7, 11) is -3.28. The molecule has 1 aliphatic rings. The predicted molar refractivity (Wildman–Crippen MR) is 181 cm³/mol. The van der Waals surface area contributed by atoms with E-state index in [0.29, 0.717) is 41.9 Å². The summed E-state index contributed by atoms with van der Waals surface area (Å²) >= 11 is 0. The lowest BCUT2D eigenvalue weighted by Crippen LogP contribution is -2.47. The van der Waals surface area contributed by atoms with E-state index < -0.39 is 15.4 Å². The maximum Gasteiger partial charge on any atom is 0.410 e. The van der Waals surface area contributed by atoms with E-state index in [1.165, 1.54) is 0 Å². The van der Waals surface area contributed by atoms with Crippen molar-refractivity contribution in [2.24, 2.45) is 5.92 Å². The molecule has 4 aromatic rings. The molecule has 0 radical (unpaired) electrons. The summed E-state index contributed by atoms with van der Waals surface area (Å²) in [6.07, 6.45) is 4.74. The fourth-order valence-electron chi connectivity index (χ4n) is 5.68. The number of aryl methyl sites for hydroxylation is 1. The average molecular weight is 646 g/mol. The maximum absolute atomic E-state index is 12.9. The number of pyridine rings is 1. The molecule has 1 N–H and O–H groups in total. The van der Waals surface area contributed by atoms with Gasteiger partial charge in [-0.15, -0.1) is 0 Å². The molecule has 0 bridgehead atoms. The number of carbonyl (C=O) groups excluding carboxylic acids is 1. The van der Waals surface area contributed by atoms with Crippen LogP contribution in [0.5, 0.6) is 11.6 Å². The highest BCUT2D eigenvalue weighted by molar-refractivity contribution is 7.90. The molecule has 3 heterocycles. The predicted octanol–water partition coefficient (Wildman–Crippen LogP) is 7.17. The van der Waals surface area contributed by atoms with E-state index in [2.05, 4.69) is 15.3 Å². The lowest BCUT2D eigenvalue weighted by molar-refractivity contribution is 0.0206. The number of hydrogen-bond donors (Lipinski definition) is 1. The van der Waals surface area contributed by atoms with Crippen LogP contribution in [0.2, 0.25) is 0 Å². The van der Waals surface area contributed by atoms with Crippen molar-refractivity contribution < 1.29 is 22.7 Å². The third kappa shape index (κ3) is 8.31. The summed E-state index contributed by atoms with van der Waals surface area (Å²) in [4.78, 5) is 28.2. The molecule has 1 atom stereocenters. The average Bonchev–Trinajstić information content (AvgIpc) is 2.97. The first-order valence-corrected chi connectivity index (χ1v) is 17.5. The van der Waals surface area contributed by atoms with Gasteiger partial charge in [-0.2, -0.15) is 0 Å². The maximum atomic E-state index is 12.9. The Hall–Kier alpha value is -4.25. The number of ether oxygens (including phenoxy) is 2. The molecule has 10 nitrogen and oxygen atoms in total. The summed E-state index contributed by atoms with van der Waals surface area (Å²) in [5.74, 6) is 1.57. The van der Waals surface area contributed by atoms with E-state index in [0.717, 1.165) is 34.7 Å². The van der Waals surface area contributed by atoms with Gasteiger partial charge in [0.1, 0.15) is 11.4 Å². The first kappa shape index (κ1) is 33.1. The zero-order valence-electron chi connectivity index (χ0n) is 27.4. The molecule has 1 saturated heterocycles. The van der Waals surface area contributed by atoms with Crippen molar-refractivity contribution in [1.82, 2.24) is 19.9 Å². The number of anilines is 1. The van der Waals surface area contributed by atoms with Crippen LogP contribution in [0.15, 0.2) is 60.9 Å². The molecule has 2 aromatic heterocycles. The first-order valence-electron chi connectivity index (χ1n) is 15.7. The largest absolute Gasteiger partial charge is 0.444 e. The molecule has 0 unspecified atom stereocenters. The summed E-state index contributed by atoms with van der Waals surface area (Å²) in [5, 5.41) is 5.03. The number of benzene rings is 2. The number of nitrogens with zero attached hydrogens (tertiary/aromatic N) is 4. The van der Waals surface area contributed by atoms with E-state index in [1.807, 2.05) is 84.0 Å². The Labute approximate surface area is 271 Å². The van der Waals surface area contributed by atoms with Crippen LogP contribution in [0.4, 0.5) is 10.7 Å². The lowest BCUT2D eigenvalue weighted by Gasteiger charge is -2.34. The van der Waals surface area contributed by atoms with Crippen LogP contribution in [0.25, 0.3) is 22.0 Å². The minimum absolute atomic E-state index is 0.0296. The quantitative estimate of drug-likeness (QED) is 0.202. The number of carbonyl (C=O) groups is 1. The van der Waals surface area contributed by atoms with Crippen LogP contribution in [-0.4, -0.2) is 64.8 Å². The van der Waals surface area contributed by atoms with Gasteiger partial charge in [-0.05, 0) is 81.2 Å². The smallest absolute Gasteiger partial charge is 0.410 e. The minimum atomic E-state index is -3.28. The van der Waals surface area contributed by atoms with Crippen molar-refractivity contribution in [3.05, 3.63) is 72.1 Å². The molecule has 0 aliphatic carbocycles. The number of likely N-dealkylation sites (tertiary alicyclic amines) is 1. The molecule has 11 heteroatoms. The number of hydrogen-bond acceptors (Lipinski definition) is 9. The third-order valence-electron chi connectivity index (χ3n) is 7.57. The number of rotatable bonds is 9. The number of piperidine rings is 1. The number of amides is 1. The third-order valence-corrected chi connectivity index (χ3v) is 9.49. The highest BCUT2D eigenvalue weighted by Gasteiger charge is 2.28. The Morgan fingerprint density at radius 2 is 1.85 bits per heavy atom. The van der Waals surface area contributed by atoms with Crippen LogP contribution in [-0.2, 0) is 20.3 Å². The van der Waals surface area contributed by atoms with Gasteiger partial charge in [-0.1, -0.05) is 44.2 Å². The van der Waals surface area contributed by atoms with E-state index in [-0.39, 0.29) is 29.6 Å². The molecule has 2 aromatic carbocycles. The monoisotopic (exact) mass is 645 g/mol. The number of fused-ring (bicyclic) bond motifs is 1. The summed E-state index contributed by atoms with van der Waals surface area (Å²) < 4.78 is 37.8. The summed E-state index contributed by atoms with van der Waals surface area (Å²) in [6.45, 7) is 12.5. The highest BCUT2D eigenvalue weighted by atomic mass is 32.2. The van der Waals surface area contributed by atoms with Crippen LogP contribution in [0.1, 0.15) is 58.6 Å². The fraction of sp³-hybridized carbons (Fsp3) is 0.429. The molecular formula is C35H43N5O5S. The van der Waals surface area contributed by atoms with Gasteiger partial charge in [0.25, 0.3) is 0 Å². The van der Waals surface area contributed by atoms with Crippen molar-refractivity contribution in [2.45, 2.75) is 71.8 Å². The van der Waals surface area contributed by atoms with Crippen molar-refractivity contribution in [3.8, 4) is 22.9 Å². The van der Waals surface area contributed by atoms with Crippen molar-refractivity contribution in [3.63, 3.8) is 0 Å². The molecule has 1 amide bonds. The molecule has 244 valence electrons. The molecular weight excluding hydrogens is 602 g/mol.